The summed E-state index contributed by atoms with van der Waals surface area (Å²) in [6.07, 6.45) is 4.69. The molecule has 0 bridgehead atoms. The van der Waals surface area contributed by atoms with Gasteiger partial charge in [-0.05, 0) is 35.9 Å². The van der Waals surface area contributed by atoms with Gasteiger partial charge in [0.05, 0.1) is 6.20 Å². The van der Waals surface area contributed by atoms with Crippen molar-refractivity contribution in [2.24, 2.45) is 0 Å². The van der Waals surface area contributed by atoms with Crippen LogP contribution in [0.15, 0.2) is 42.7 Å². The smallest absolute Gasteiger partial charge is 0.328 e. The van der Waals surface area contributed by atoms with Crippen LogP contribution in [0.5, 0.6) is 11.5 Å². The van der Waals surface area contributed by atoms with Crippen molar-refractivity contribution in [2.75, 3.05) is 0 Å². The van der Waals surface area contributed by atoms with Crippen LogP contribution in [-0.2, 0) is 4.79 Å². The number of benzene rings is 1. The molecule has 0 fully saturated rings. The Bertz CT molecular complexity index is 634. The third-order valence-corrected chi connectivity index (χ3v) is 2.29. The average Bonchev–Trinajstić information content (AvgIpc) is 2.42. The molecule has 1 N–H and O–H groups in total. The van der Waals surface area contributed by atoms with Crippen molar-refractivity contribution >= 4 is 12.0 Å². The summed E-state index contributed by atoms with van der Waals surface area (Å²) in [7, 11) is 0. The summed E-state index contributed by atoms with van der Waals surface area (Å²) in [6, 6.07) is 5.03. The highest BCUT2D eigenvalue weighted by Gasteiger charge is 2.13. The zero-order valence-electron chi connectivity index (χ0n) is 10.1. The molecule has 6 heteroatoms. The number of aromatic nitrogens is 1. The van der Waals surface area contributed by atoms with E-state index < -0.39 is 23.4 Å². The number of aliphatic carboxylic acids is 1. The van der Waals surface area contributed by atoms with Gasteiger partial charge in [-0.3, -0.25) is 4.98 Å². The van der Waals surface area contributed by atoms with Crippen LogP contribution in [0.4, 0.5) is 8.78 Å². The van der Waals surface area contributed by atoms with Crippen LogP contribution in [0.2, 0.25) is 0 Å². The summed E-state index contributed by atoms with van der Waals surface area (Å²) in [5.41, 5.74) is 0.0842. The predicted molar refractivity (Wildman–Crippen MR) is 67.3 cm³/mol. The fourth-order valence-electron chi connectivity index (χ4n) is 1.47. The molecule has 0 aliphatic heterocycles. The number of carboxylic acid groups (broad SMARTS) is 1. The molecule has 0 atom stereocenters. The molecule has 102 valence electrons. The summed E-state index contributed by atoms with van der Waals surface area (Å²) in [4.78, 5) is 14.1. The lowest BCUT2D eigenvalue weighted by Gasteiger charge is -2.08. The molecule has 1 aromatic heterocycles. The highest BCUT2D eigenvalue weighted by atomic mass is 19.1. The van der Waals surface area contributed by atoms with Crippen molar-refractivity contribution in [3.05, 3.63) is 59.9 Å². The molecule has 4 nitrogen and oxygen atoms in total. The highest BCUT2D eigenvalue weighted by molar-refractivity contribution is 5.85. The van der Waals surface area contributed by atoms with E-state index in [1.54, 1.807) is 6.07 Å². The van der Waals surface area contributed by atoms with Crippen LogP contribution in [-0.4, -0.2) is 16.1 Å². The van der Waals surface area contributed by atoms with Crippen molar-refractivity contribution in [3.8, 4) is 11.5 Å². The highest BCUT2D eigenvalue weighted by Crippen LogP contribution is 2.28. The Hall–Kier alpha value is -2.76. The van der Waals surface area contributed by atoms with E-state index in [1.807, 2.05) is 0 Å². The number of hydrogen-bond acceptors (Lipinski definition) is 3. The van der Waals surface area contributed by atoms with Crippen molar-refractivity contribution in [1.29, 1.82) is 0 Å². The minimum atomic E-state index is -1.21. The Morgan fingerprint density at radius 2 is 2.00 bits per heavy atom. The SMILES string of the molecule is O=C(O)C=Cc1cc(F)c(Oc2cccnc2)c(F)c1. The lowest BCUT2D eigenvalue weighted by atomic mass is 10.2. The van der Waals surface area contributed by atoms with Gasteiger partial charge in [0.25, 0.3) is 0 Å². The van der Waals surface area contributed by atoms with E-state index in [-0.39, 0.29) is 11.3 Å². The summed E-state index contributed by atoms with van der Waals surface area (Å²) < 4.78 is 32.6. The molecule has 0 aliphatic carbocycles. The molecule has 0 aliphatic rings. The molecular weight excluding hydrogens is 268 g/mol. The number of halogens is 2. The predicted octanol–water partition coefficient (Wildman–Crippen LogP) is 3.25. The first-order valence-corrected chi connectivity index (χ1v) is 5.54. The molecule has 0 spiro atoms. The second kappa shape index (κ2) is 5.92. The normalized spacial score (nSPS) is 10.7. The summed E-state index contributed by atoms with van der Waals surface area (Å²) in [5.74, 6) is -3.44. The van der Waals surface area contributed by atoms with Crippen LogP contribution in [0, 0.1) is 11.6 Å². The van der Waals surface area contributed by atoms with Gasteiger partial charge in [0, 0.05) is 12.3 Å². The minimum Gasteiger partial charge on any atom is -0.478 e. The summed E-state index contributed by atoms with van der Waals surface area (Å²) in [5, 5.41) is 8.46. The second-order valence-electron chi connectivity index (χ2n) is 3.78. The maximum atomic E-state index is 13.8. The molecule has 0 saturated carbocycles. The maximum Gasteiger partial charge on any atom is 0.328 e. The van der Waals surface area contributed by atoms with Crippen LogP contribution in [0.3, 0.4) is 0 Å². The molecule has 0 saturated heterocycles. The monoisotopic (exact) mass is 277 g/mol. The van der Waals surface area contributed by atoms with Crippen molar-refractivity contribution < 1.29 is 23.4 Å². The van der Waals surface area contributed by atoms with Crippen molar-refractivity contribution in [2.45, 2.75) is 0 Å². The van der Waals surface area contributed by atoms with Gasteiger partial charge in [0.1, 0.15) is 5.75 Å². The first-order chi connectivity index (χ1) is 9.56. The Labute approximate surface area is 113 Å². The van der Waals surface area contributed by atoms with Crippen molar-refractivity contribution in [1.82, 2.24) is 4.98 Å². The molecule has 2 aromatic rings. The first kappa shape index (κ1) is 13.7. The van der Waals surface area contributed by atoms with Crippen LogP contribution in [0.1, 0.15) is 5.56 Å². The molecule has 0 unspecified atom stereocenters. The fourth-order valence-corrected chi connectivity index (χ4v) is 1.47. The maximum absolute atomic E-state index is 13.8. The molecule has 1 aromatic carbocycles. The number of nitrogens with zero attached hydrogens (tertiary/aromatic N) is 1. The van der Waals surface area contributed by atoms with E-state index in [4.69, 9.17) is 9.84 Å². The number of ether oxygens (including phenoxy) is 1. The Balaban J connectivity index is 2.29. The standard InChI is InChI=1S/C14H9F2NO3/c15-11-6-9(3-4-13(18)19)7-12(16)14(11)20-10-2-1-5-17-8-10/h1-8H,(H,18,19). The lowest BCUT2D eigenvalue weighted by molar-refractivity contribution is -0.131. The van der Waals surface area contributed by atoms with Gasteiger partial charge < -0.3 is 9.84 Å². The third kappa shape index (κ3) is 3.38. The Kier molecular flexibility index (Phi) is 4.05. The summed E-state index contributed by atoms with van der Waals surface area (Å²) >= 11 is 0. The zero-order chi connectivity index (χ0) is 14.5. The van der Waals surface area contributed by atoms with E-state index in [1.165, 1.54) is 18.5 Å². The van der Waals surface area contributed by atoms with Crippen LogP contribution in [0.25, 0.3) is 6.08 Å². The number of hydrogen-bond donors (Lipinski definition) is 1. The summed E-state index contributed by atoms with van der Waals surface area (Å²) in [6.45, 7) is 0. The molecule has 2 rings (SSSR count). The van der Waals surface area contributed by atoms with E-state index in [2.05, 4.69) is 4.98 Å². The van der Waals surface area contributed by atoms with E-state index in [9.17, 15) is 13.6 Å². The number of carboxylic acids is 1. The lowest BCUT2D eigenvalue weighted by Crippen LogP contribution is -1.94. The van der Waals surface area contributed by atoms with Gasteiger partial charge in [-0.15, -0.1) is 0 Å². The minimum absolute atomic E-state index is 0.0842. The van der Waals surface area contributed by atoms with Gasteiger partial charge in [0.2, 0.25) is 0 Å². The van der Waals surface area contributed by atoms with Gasteiger partial charge in [-0.2, -0.15) is 0 Å². The van der Waals surface area contributed by atoms with E-state index >= 15 is 0 Å². The Morgan fingerprint density at radius 1 is 1.30 bits per heavy atom. The van der Waals surface area contributed by atoms with Gasteiger partial charge in [0.15, 0.2) is 17.4 Å². The van der Waals surface area contributed by atoms with Gasteiger partial charge >= 0.3 is 5.97 Å². The quantitative estimate of drug-likeness (QED) is 0.871. The van der Waals surface area contributed by atoms with Gasteiger partial charge in [-0.1, -0.05) is 0 Å². The van der Waals surface area contributed by atoms with E-state index in [0.29, 0.717) is 0 Å². The molecular formula is C14H9F2NO3. The third-order valence-electron chi connectivity index (χ3n) is 2.29. The molecule has 1 heterocycles. The molecule has 0 radical (unpaired) electrons. The Morgan fingerprint density at radius 3 is 2.55 bits per heavy atom. The van der Waals surface area contributed by atoms with Crippen molar-refractivity contribution in [3.63, 3.8) is 0 Å². The first-order valence-electron chi connectivity index (χ1n) is 5.54. The molecule has 0 amide bonds. The average molecular weight is 277 g/mol. The number of pyridine rings is 1. The number of carbonyl (C=O) groups is 1. The second-order valence-corrected chi connectivity index (χ2v) is 3.78. The molecule has 20 heavy (non-hydrogen) atoms. The topological polar surface area (TPSA) is 59.4 Å². The van der Waals surface area contributed by atoms with Gasteiger partial charge in [-0.25, -0.2) is 13.6 Å². The van der Waals surface area contributed by atoms with Crippen LogP contribution >= 0.6 is 0 Å². The fraction of sp³-hybridized carbons (Fsp3) is 0. The van der Waals surface area contributed by atoms with Crippen LogP contribution < -0.4 is 4.74 Å². The van der Waals surface area contributed by atoms with E-state index in [0.717, 1.165) is 24.3 Å². The largest absolute Gasteiger partial charge is 0.478 e. The number of rotatable bonds is 4. The zero-order valence-corrected chi connectivity index (χ0v) is 10.1.